The molecule has 6 heteroatoms. The van der Waals surface area contributed by atoms with Crippen molar-refractivity contribution in [3.8, 4) is 0 Å². The number of pyridine rings is 1. The van der Waals surface area contributed by atoms with E-state index in [2.05, 4.69) is 22.9 Å². The fraction of sp³-hybridized carbons (Fsp3) is 0.636. The van der Waals surface area contributed by atoms with Crippen molar-refractivity contribution in [1.82, 2.24) is 9.88 Å². The van der Waals surface area contributed by atoms with Crippen molar-refractivity contribution in [3.05, 3.63) is 41.4 Å². The van der Waals surface area contributed by atoms with Gasteiger partial charge in [-0.3, -0.25) is 14.7 Å². The molecular formula is C22H31N3O3. The van der Waals surface area contributed by atoms with E-state index in [-0.39, 0.29) is 5.60 Å². The van der Waals surface area contributed by atoms with Crippen LogP contribution in [0.4, 0.5) is 0 Å². The van der Waals surface area contributed by atoms with Crippen LogP contribution in [0.15, 0.2) is 30.2 Å². The maximum absolute atomic E-state index is 11.7. The molecule has 152 valence electrons. The zero-order valence-electron chi connectivity index (χ0n) is 16.9. The molecule has 28 heavy (non-hydrogen) atoms. The third-order valence-electron chi connectivity index (χ3n) is 6.89. The van der Waals surface area contributed by atoms with Gasteiger partial charge in [-0.25, -0.2) is 0 Å². The standard InChI is InChI=1S/C22H31N3O3/c1-15(11-19-7-4-10-28-19)25-13-17-5-3-6-18(14-25)22(17,27-2)16-8-9-24-20(12-16)21(23)26/h8-9,11-12,15,17-18H,3-7,10,13-14H2,1-2H3,(H2,23,26)/b19-11-. The van der Waals surface area contributed by atoms with Crippen molar-refractivity contribution >= 4 is 5.91 Å². The van der Waals surface area contributed by atoms with Gasteiger partial charge >= 0.3 is 0 Å². The number of carbonyl (C=O) groups is 1. The van der Waals surface area contributed by atoms with Gasteiger partial charge in [0.25, 0.3) is 5.91 Å². The van der Waals surface area contributed by atoms with Crippen molar-refractivity contribution in [2.75, 3.05) is 26.8 Å². The molecule has 1 saturated carbocycles. The highest BCUT2D eigenvalue weighted by atomic mass is 16.5. The van der Waals surface area contributed by atoms with E-state index in [1.165, 1.54) is 6.42 Å². The molecule has 3 fully saturated rings. The number of ether oxygens (including phenoxy) is 2. The van der Waals surface area contributed by atoms with Crippen LogP contribution in [0.5, 0.6) is 0 Å². The van der Waals surface area contributed by atoms with Crippen LogP contribution in [0, 0.1) is 11.8 Å². The summed E-state index contributed by atoms with van der Waals surface area (Å²) < 4.78 is 12.0. The smallest absolute Gasteiger partial charge is 0.267 e. The zero-order chi connectivity index (χ0) is 19.7. The molecule has 4 rings (SSSR count). The van der Waals surface area contributed by atoms with E-state index in [0.717, 1.165) is 56.7 Å². The number of hydrogen-bond acceptors (Lipinski definition) is 5. The fourth-order valence-corrected chi connectivity index (χ4v) is 5.56. The first-order chi connectivity index (χ1) is 13.5. The number of hydrogen-bond donors (Lipinski definition) is 1. The van der Waals surface area contributed by atoms with Crippen LogP contribution in [-0.2, 0) is 15.1 Å². The number of likely N-dealkylation sites (tertiary alicyclic amines) is 1. The van der Waals surface area contributed by atoms with Gasteiger partial charge in [0.05, 0.1) is 12.4 Å². The number of amides is 1. The normalized spacial score (nSPS) is 32.9. The molecule has 1 amide bonds. The lowest BCUT2D eigenvalue weighted by Gasteiger charge is -2.56. The molecule has 2 N–H and O–H groups in total. The Bertz CT molecular complexity index is 741. The van der Waals surface area contributed by atoms with Gasteiger partial charge in [0.1, 0.15) is 11.3 Å². The number of nitrogens with two attached hydrogens (primary N) is 1. The lowest BCUT2D eigenvalue weighted by atomic mass is 9.62. The monoisotopic (exact) mass is 385 g/mol. The van der Waals surface area contributed by atoms with E-state index < -0.39 is 5.91 Å². The Morgan fingerprint density at radius 1 is 1.39 bits per heavy atom. The highest BCUT2D eigenvalue weighted by Gasteiger charge is 2.53. The summed E-state index contributed by atoms with van der Waals surface area (Å²) in [6, 6.07) is 4.18. The van der Waals surface area contributed by atoms with Gasteiger partial charge in [-0.1, -0.05) is 6.42 Å². The summed E-state index contributed by atoms with van der Waals surface area (Å²) in [7, 11) is 1.81. The Labute approximate surface area is 167 Å². The second-order valence-electron chi connectivity index (χ2n) is 8.40. The summed E-state index contributed by atoms with van der Waals surface area (Å²) in [5, 5.41) is 0. The van der Waals surface area contributed by atoms with E-state index in [1.807, 2.05) is 19.2 Å². The molecule has 2 aliphatic heterocycles. The lowest BCUT2D eigenvalue weighted by Crippen LogP contribution is -2.60. The maximum Gasteiger partial charge on any atom is 0.267 e. The van der Waals surface area contributed by atoms with Crippen molar-refractivity contribution < 1.29 is 14.3 Å². The van der Waals surface area contributed by atoms with Gasteiger partial charge in [0, 0.05) is 50.7 Å². The molecule has 1 aliphatic carbocycles. The number of carbonyl (C=O) groups excluding carboxylic acids is 1. The number of nitrogens with zero attached hydrogens (tertiary/aromatic N) is 2. The average Bonchev–Trinajstić information content (AvgIpc) is 3.19. The number of fused-ring (bicyclic) bond motifs is 2. The molecule has 3 atom stereocenters. The van der Waals surface area contributed by atoms with Gasteiger partial charge in [-0.15, -0.1) is 0 Å². The molecule has 0 spiro atoms. The van der Waals surface area contributed by atoms with Gasteiger partial charge in [0.2, 0.25) is 0 Å². The first-order valence-electron chi connectivity index (χ1n) is 10.4. The highest BCUT2D eigenvalue weighted by Crippen LogP contribution is 2.51. The third-order valence-corrected chi connectivity index (χ3v) is 6.89. The predicted molar refractivity (Wildman–Crippen MR) is 107 cm³/mol. The molecule has 0 aromatic carbocycles. The number of primary amides is 1. The van der Waals surface area contributed by atoms with Crippen LogP contribution < -0.4 is 5.73 Å². The van der Waals surface area contributed by atoms with Gasteiger partial charge in [-0.05, 0) is 50.0 Å². The van der Waals surface area contributed by atoms with Crippen molar-refractivity contribution in [2.24, 2.45) is 17.6 Å². The predicted octanol–water partition coefficient (Wildman–Crippen LogP) is 2.84. The summed E-state index contributed by atoms with van der Waals surface area (Å²) in [5.41, 5.74) is 6.46. The van der Waals surface area contributed by atoms with Crippen LogP contribution in [0.3, 0.4) is 0 Å². The maximum atomic E-state index is 11.7. The SMILES string of the molecule is COC1(c2ccnc(C(N)=O)c2)C2CCCC1CN(C(C)/C=C1/CCCO1)C2. The van der Waals surface area contributed by atoms with E-state index in [0.29, 0.717) is 23.6 Å². The van der Waals surface area contributed by atoms with Crippen LogP contribution in [0.2, 0.25) is 0 Å². The zero-order valence-corrected chi connectivity index (χ0v) is 16.9. The minimum Gasteiger partial charge on any atom is -0.498 e. The molecule has 1 aromatic heterocycles. The molecule has 3 aliphatic rings. The quantitative estimate of drug-likeness (QED) is 0.843. The van der Waals surface area contributed by atoms with E-state index >= 15 is 0 Å². The number of rotatable bonds is 5. The largest absolute Gasteiger partial charge is 0.498 e. The van der Waals surface area contributed by atoms with E-state index in [9.17, 15) is 4.79 Å². The fourth-order valence-electron chi connectivity index (χ4n) is 5.56. The minimum absolute atomic E-state index is 0.311. The number of methoxy groups -OCH3 is 1. The highest BCUT2D eigenvalue weighted by molar-refractivity contribution is 5.90. The van der Waals surface area contributed by atoms with Crippen LogP contribution in [0.25, 0.3) is 0 Å². The lowest BCUT2D eigenvalue weighted by molar-refractivity contribution is -0.171. The summed E-state index contributed by atoms with van der Waals surface area (Å²) in [6.07, 6.45) is 9.62. The molecule has 3 heterocycles. The second-order valence-corrected chi connectivity index (χ2v) is 8.40. The Morgan fingerprint density at radius 2 is 2.14 bits per heavy atom. The van der Waals surface area contributed by atoms with Crippen LogP contribution in [0.1, 0.15) is 55.1 Å². The second kappa shape index (κ2) is 7.84. The topological polar surface area (TPSA) is 77.7 Å². The van der Waals surface area contributed by atoms with Crippen LogP contribution >= 0.6 is 0 Å². The van der Waals surface area contributed by atoms with Gasteiger partial charge < -0.3 is 15.2 Å². The molecule has 2 bridgehead atoms. The van der Waals surface area contributed by atoms with Crippen molar-refractivity contribution in [1.29, 1.82) is 0 Å². The number of allylic oxidation sites excluding steroid dienone is 1. The Hall–Kier alpha value is -1.92. The van der Waals surface area contributed by atoms with Crippen LogP contribution in [-0.4, -0.2) is 48.6 Å². The molecular weight excluding hydrogens is 354 g/mol. The molecule has 6 nitrogen and oxygen atoms in total. The summed E-state index contributed by atoms with van der Waals surface area (Å²) in [4.78, 5) is 18.4. The molecule has 3 unspecified atom stereocenters. The summed E-state index contributed by atoms with van der Waals surface area (Å²) in [5.74, 6) is 1.39. The van der Waals surface area contributed by atoms with Crippen molar-refractivity contribution in [2.45, 2.75) is 50.7 Å². The van der Waals surface area contributed by atoms with Gasteiger partial charge in [-0.2, -0.15) is 0 Å². The Morgan fingerprint density at radius 3 is 2.75 bits per heavy atom. The Kier molecular flexibility index (Phi) is 5.43. The van der Waals surface area contributed by atoms with E-state index in [4.69, 9.17) is 15.2 Å². The first kappa shape index (κ1) is 19.4. The summed E-state index contributed by atoms with van der Waals surface area (Å²) in [6.45, 7) is 5.07. The third kappa shape index (κ3) is 3.33. The average molecular weight is 386 g/mol. The molecule has 1 aromatic rings. The first-order valence-corrected chi connectivity index (χ1v) is 10.4. The van der Waals surface area contributed by atoms with Crippen molar-refractivity contribution in [3.63, 3.8) is 0 Å². The number of aromatic nitrogens is 1. The minimum atomic E-state index is -0.493. The molecule has 2 saturated heterocycles. The molecule has 0 radical (unpaired) electrons. The van der Waals surface area contributed by atoms with Gasteiger partial charge in [0.15, 0.2) is 0 Å². The summed E-state index contributed by atoms with van der Waals surface area (Å²) >= 11 is 0. The number of piperidine rings is 1. The van der Waals surface area contributed by atoms with E-state index in [1.54, 1.807) is 6.20 Å². The Balaban J connectivity index is 1.63.